The molecule has 2 rings (SSSR count). The molecule has 8 heteroatoms. The first kappa shape index (κ1) is 19.4. The molecule has 138 valence electrons. The van der Waals surface area contributed by atoms with Crippen molar-refractivity contribution in [2.75, 3.05) is 6.61 Å². The molecule has 1 aromatic heterocycles. The quantitative estimate of drug-likeness (QED) is 0.826. The SMILES string of the molecule is CC(C)(C)C(CCO)NCc1nc(-c2ccc(C(F)(F)F)cc2)no1. The van der Waals surface area contributed by atoms with E-state index in [4.69, 9.17) is 9.63 Å². The van der Waals surface area contributed by atoms with Gasteiger partial charge in [-0.3, -0.25) is 0 Å². The molecule has 0 saturated heterocycles. The maximum atomic E-state index is 12.6. The zero-order valence-electron chi connectivity index (χ0n) is 14.4. The smallest absolute Gasteiger partial charge is 0.396 e. The normalized spacial score (nSPS) is 13.9. The maximum Gasteiger partial charge on any atom is 0.416 e. The lowest BCUT2D eigenvalue weighted by atomic mass is 9.85. The summed E-state index contributed by atoms with van der Waals surface area (Å²) in [5.41, 5.74) is -0.330. The molecule has 0 radical (unpaired) electrons. The minimum absolute atomic E-state index is 0.0546. The minimum Gasteiger partial charge on any atom is -0.396 e. The molecule has 0 aliphatic carbocycles. The van der Waals surface area contributed by atoms with E-state index in [1.54, 1.807) is 0 Å². The van der Waals surface area contributed by atoms with E-state index in [9.17, 15) is 13.2 Å². The second-order valence-electron chi connectivity index (χ2n) is 6.90. The van der Waals surface area contributed by atoms with Gasteiger partial charge in [0, 0.05) is 18.2 Å². The van der Waals surface area contributed by atoms with Gasteiger partial charge in [0.2, 0.25) is 11.7 Å². The van der Waals surface area contributed by atoms with Crippen LogP contribution in [0.3, 0.4) is 0 Å². The lowest BCUT2D eigenvalue weighted by Gasteiger charge is -2.30. The Hall–Kier alpha value is -1.93. The molecule has 0 aliphatic heterocycles. The number of nitrogens with zero attached hydrogens (tertiary/aromatic N) is 2. The summed E-state index contributed by atoms with van der Waals surface area (Å²) in [7, 11) is 0. The first-order valence-corrected chi connectivity index (χ1v) is 7.95. The van der Waals surface area contributed by atoms with Crippen molar-refractivity contribution in [1.82, 2.24) is 15.5 Å². The van der Waals surface area contributed by atoms with Gasteiger partial charge in [0.15, 0.2) is 0 Å². The third-order valence-electron chi connectivity index (χ3n) is 3.90. The molecule has 5 nitrogen and oxygen atoms in total. The Morgan fingerprint density at radius 1 is 1.16 bits per heavy atom. The molecule has 1 aromatic carbocycles. The van der Waals surface area contributed by atoms with Crippen LogP contribution in [0.2, 0.25) is 0 Å². The van der Waals surface area contributed by atoms with Gasteiger partial charge in [-0.05, 0) is 24.0 Å². The van der Waals surface area contributed by atoms with Crippen molar-refractivity contribution < 1.29 is 22.8 Å². The van der Waals surface area contributed by atoms with Crippen molar-refractivity contribution in [2.45, 2.75) is 46.0 Å². The van der Waals surface area contributed by atoms with Gasteiger partial charge in [0.05, 0.1) is 12.1 Å². The zero-order valence-corrected chi connectivity index (χ0v) is 14.4. The van der Waals surface area contributed by atoms with Gasteiger partial charge >= 0.3 is 6.18 Å². The second kappa shape index (κ2) is 7.53. The standard InChI is InChI=1S/C17H22F3N3O2/c1-16(2,3)13(8-9-24)21-10-14-22-15(23-25-14)11-4-6-12(7-5-11)17(18,19)20/h4-7,13,21,24H,8-10H2,1-3H3. The molecule has 0 aliphatic rings. The van der Waals surface area contributed by atoms with E-state index < -0.39 is 11.7 Å². The van der Waals surface area contributed by atoms with Crippen LogP contribution < -0.4 is 5.32 Å². The summed E-state index contributed by atoms with van der Waals surface area (Å²) < 4.78 is 42.9. The molecule has 1 atom stereocenters. The highest BCUT2D eigenvalue weighted by atomic mass is 19.4. The fraction of sp³-hybridized carbons (Fsp3) is 0.529. The van der Waals surface area contributed by atoms with E-state index in [1.807, 2.05) is 0 Å². The van der Waals surface area contributed by atoms with Gasteiger partial charge < -0.3 is 14.9 Å². The van der Waals surface area contributed by atoms with Gasteiger partial charge in [0.25, 0.3) is 0 Å². The van der Waals surface area contributed by atoms with Gasteiger partial charge in [-0.2, -0.15) is 18.2 Å². The highest BCUT2D eigenvalue weighted by Crippen LogP contribution is 2.30. The Kier molecular flexibility index (Phi) is 5.84. The number of nitrogens with one attached hydrogen (secondary N) is 1. The van der Waals surface area contributed by atoms with Gasteiger partial charge in [-0.25, -0.2) is 0 Å². The molecule has 25 heavy (non-hydrogen) atoms. The van der Waals surface area contributed by atoms with E-state index in [0.29, 0.717) is 24.4 Å². The fourth-order valence-electron chi connectivity index (χ4n) is 2.43. The number of aliphatic hydroxyl groups excluding tert-OH is 1. The van der Waals surface area contributed by atoms with Crippen LogP contribution in [0.5, 0.6) is 0 Å². The van der Waals surface area contributed by atoms with Crippen molar-refractivity contribution in [3.8, 4) is 11.4 Å². The average Bonchev–Trinajstić information content (AvgIpc) is 2.98. The Bertz CT molecular complexity index is 676. The van der Waals surface area contributed by atoms with Crippen molar-refractivity contribution in [1.29, 1.82) is 0 Å². The first-order valence-electron chi connectivity index (χ1n) is 7.95. The molecule has 0 spiro atoms. The number of rotatable bonds is 6. The Morgan fingerprint density at radius 2 is 1.80 bits per heavy atom. The van der Waals surface area contributed by atoms with Crippen molar-refractivity contribution in [3.05, 3.63) is 35.7 Å². The molecule has 1 heterocycles. The summed E-state index contributed by atoms with van der Waals surface area (Å²) >= 11 is 0. The van der Waals surface area contributed by atoms with E-state index >= 15 is 0 Å². The van der Waals surface area contributed by atoms with Crippen molar-refractivity contribution in [2.24, 2.45) is 5.41 Å². The fourth-order valence-corrected chi connectivity index (χ4v) is 2.43. The summed E-state index contributed by atoms with van der Waals surface area (Å²) in [4.78, 5) is 4.20. The lowest BCUT2D eigenvalue weighted by Crippen LogP contribution is -2.40. The average molecular weight is 357 g/mol. The predicted molar refractivity (Wildman–Crippen MR) is 86.5 cm³/mol. The minimum atomic E-state index is -4.38. The summed E-state index contributed by atoms with van der Waals surface area (Å²) in [6.07, 6.45) is -3.79. The Labute approximate surface area is 144 Å². The number of aliphatic hydroxyl groups is 1. The van der Waals surface area contributed by atoms with Crippen LogP contribution in [-0.2, 0) is 12.7 Å². The topological polar surface area (TPSA) is 71.2 Å². The zero-order chi connectivity index (χ0) is 18.7. The highest BCUT2D eigenvalue weighted by molar-refractivity contribution is 5.54. The van der Waals surface area contributed by atoms with E-state index in [1.165, 1.54) is 12.1 Å². The molecule has 1 unspecified atom stereocenters. The van der Waals surface area contributed by atoms with Crippen LogP contribution in [0.4, 0.5) is 13.2 Å². The first-order chi connectivity index (χ1) is 11.6. The van der Waals surface area contributed by atoms with Gasteiger partial charge in [-0.1, -0.05) is 38.1 Å². The van der Waals surface area contributed by atoms with Crippen LogP contribution in [0, 0.1) is 5.41 Å². The predicted octanol–water partition coefficient (Wildman–Crippen LogP) is 3.64. The number of alkyl halides is 3. The summed E-state index contributed by atoms with van der Waals surface area (Å²) in [6, 6.07) is 4.66. The summed E-state index contributed by atoms with van der Waals surface area (Å²) in [6.45, 7) is 6.55. The molecule has 0 saturated carbocycles. The summed E-state index contributed by atoms with van der Waals surface area (Å²) in [5, 5.41) is 16.2. The maximum absolute atomic E-state index is 12.6. The van der Waals surface area contributed by atoms with Crippen LogP contribution in [0.1, 0.15) is 38.6 Å². The van der Waals surface area contributed by atoms with Gasteiger partial charge in [0.1, 0.15) is 0 Å². The molecule has 0 amide bonds. The molecule has 0 bridgehead atoms. The van der Waals surface area contributed by atoms with Crippen LogP contribution >= 0.6 is 0 Å². The van der Waals surface area contributed by atoms with Gasteiger partial charge in [-0.15, -0.1) is 0 Å². The number of hydrogen-bond acceptors (Lipinski definition) is 5. The number of benzene rings is 1. The second-order valence-corrected chi connectivity index (χ2v) is 6.90. The molecule has 2 aromatic rings. The number of aromatic nitrogens is 2. The molecule has 0 fully saturated rings. The van der Waals surface area contributed by atoms with Crippen molar-refractivity contribution in [3.63, 3.8) is 0 Å². The van der Waals surface area contributed by atoms with Crippen LogP contribution in [-0.4, -0.2) is 27.9 Å². The van der Waals surface area contributed by atoms with E-state index in [0.717, 1.165) is 12.1 Å². The van der Waals surface area contributed by atoms with Crippen LogP contribution in [0.25, 0.3) is 11.4 Å². The molecular formula is C17H22F3N3O2. The highest BCUT2D eigenvalue weighted by Gasteiger charge is 2.30. The van der Waals surface area contributed by atoms with E-state index in [-0.39, 0.29) is 23.9 Å². The monoisotopic (exact) mass is 357 g/mol. The Balaban J connectivity index is 2.04. The third-order valence-corrected chi connectivity index (χ3v) is 3.90. The molecule has 2 N–H and O–H groups in total. The third kappa shape index (κ3) is 5.27. The van der Waals surface area contributed by atoms with Crippen LogP contribution in [0.15, 0.2) is 28.8 Å². The number of halogens is 3. The van der Waals surface area contributed by atoms with E-state index in [2.05, 4.69) is 36.2 Å². The van der Waals surface area contributed by atoms with Crippen molar-refractivity contribution >= 4 is 0 Å². The largest absolute Gasteiger partial charge is 0.416 e. The Morgan fingerprint density at radius 3 is 2.32 bits per heavy atom. The lowest BCUT2D eigenvalue weighted by molar-refractivity contribution is -0.137. The summed E-state index contributed by atoms with van der Waals surface area (Å²) in [5.74, 6) is 0.571. The molecular weight excluding hydrogens is 335 g/mol. The number of hydrogen-bond donors (Lipinski definition) is 2.